The molecule has 0 atom stereocenters. The van der Waals surface area contributed by atoms with Crippen molar-refractivity contribution in [3.8, 4) is 0 Å². The predicted octanol–water partition coefficient (Wildman–Crippen LogP) is -1.98. The van der Waals surface area contributed by atoms with Gasteiger partial charge in [0.25, 0.3) is 0 Å². The number of carbonyl (C=O) groups is 1. The first-order chi connectivity index (χ1) is 8.27. The van der Waals surface area contributed by atoms with E-state index in [0.29, 0.717) is 0 Å². The van der Waals surface area contributed by atoms with Crippen molar-refractivity contribution in [3.63, 3.8) is 0 Å². The van der Waals surface area contributed by atoms with Gasteiger partial charge in [0, 0.05) is 52.4 Å². The van der Waals surface area contributed by atoms with Crippen molar-refractivity contribution >= 4 is 5.91 Å². The van der Waals surface area contributed by atoms with Crippen LogP contribution in [0, 0.1) is 0 Å². The molecule has 100 valence electrons. The third kappa shape index (κ3) is 15.1. The predicted molar refractivity (Wildman–Crippen MR) is 70.9 cm³/mol. The number of carbonyl (C=O) groups excluding carboxylic acids is 1. The SMILES string of the molecule is C1CNCCN1.C1CNCCN1.C=CC(N)=O. The fourth-order valence-electron chi connectivity index (χ4n) is 1.21. The minimum Gasteiger partial charge on any atom is -0.366 e. The van der Waals surface area contributed by atoms with E-state index in [0.717, 1.165) is 58.4 Å². The van der Waals surface area contributed by atoms with Crippen molar-refractivity contribution in [1.82, 2.24) is 21.3 Å². The fourth-order valence-corrected chi connectivity index (χ4v) is 1.21. The van der Waals surface area contributed by atoms with Crippen LogP contribution in [0.25, 0.3) is 0 Å². The van der Waals surface area contributed by atoms with Gasteiger partial charge in [-0.25, -0.2) is 0 Å². The molecule has 17 heavy (non-hydrogen) atoms. The average Bonchev–Trinajstić information content (AvgIpc) is 2.44. The highest BCUT2D eigenvalue weighted by Crippen LogP contribution is 1.65. The molecule has 2 saturated heterocycles. The van der Waals surface area contributed by atoms with E-state index in [1.54, 1.807) is 0 Å². The molecule has 0 aromatic heterocycles. The van der Waals surface area contributed by atoms with E-state index in [9.17, 15) is 4.79 Å². The summed E-state index contributed by atoms with van der Waals surface area (Å²) in [6.45, 7) is 12.2. The van der Waals surface area contributed by atoms with E-state index >= 15 is 0 Å². The summed E-state index contributed by atoms with van der Waals surface area (Å²) >= 11 is 0. The van der Waals surface area contributed by atoms with Crippen LogP contribution in [0.15, 0.2) is 12.7 Å². The maximum Gasteiger partial charge on any atom is 0.240 e. The highest BCUT2D eigenvalue weighted by molar-refractivity contribution is 5.84. The molecule has 1 amide bonds. The minimum absolute atomic E-state index is 0.481. The summed E-state index contributed by atoms with van der Waals surface area (Å²) in [4.78, 5) is 9.47. The van der Waals surface area contributed by atoms with Gasteiger partial charge in [0.15, 0.2) is 0 Å². The van der Waals surface area contributed by atoms with Gasteiger partial charge in [-0.3, -0.25) is 4.79 Å². The average molecular weight is 243 g/mol. The lowest BCUT2D eigenvalue weighted by molar-refractivity contribution is -0.113. The number of nitrogens with two attached hydrogens (primary N) is 1. The first-order valence-electron chi connectivity index (χ1n) is 6.02. The van der Waals surface area contributed by atoms with Crippen LogP contribution < -0.4 is 27.0 Å². The lowest BCUT2D eigenvalue weighted by atomic mass is 10.4. The molecule has 0 spiro atoms. The van der Waals surface area contributed by atoms with Crippen LogP contribution in [0.2, 0.25) is 0 Å². The van der Waals surface area contributed by atoms with E-state index in [-0.39, 0.29) is 0 Å². The van der Waals surface area contributed by atoms with Gasteiger partial charge < -0.3 is 27.0 Å². The summed E-state index contributed by atoms with van der Waals surface area (Å²) in [7, 11) is 0. The second kappa shape index (κ2) is 13.1. The van der Waals surface area contributed by atoms with Gasteiger partial charge in [-0.05, 0) is 6.08 Å². The van der Waals surface area contributed by atoms with Gasteiger partial charge in [0.05, 0.1) is 0 Å². The molecule has 2 rings (SSSR count). The van der Waals surface area contributed by atoms with Crippen molar-refractivity contribution in [2.45, 2.75) is 0 Å². The van der Waals surface area contributed by atoms with E-state index in [1.807, 2.05) is 0 Å². The molecule has 0 bridgehead atoms. The van der Waals surface area contributed by atoms with Crippen LogP contribution in [0.5, 0.6) is 0 Å². The van der Waals surface area contributed by atoms with Crippen LogP contribution >= 0.6 is 0 Å². The Balaban J connectivity index is 0.000000228. The summed E-state index contributed by atoms with van der Waals surface area (Å²) in [6.07, 6.45) is 1.06. The quantitative estimate of drug-likeness (QED) is 0.344. The van der Waals surface area contributed by atoms with Crippen molar-refractivity contribution < 1.29 is 4.79 Å². The van der Waals surface area contributed by atoms with Crippen LogP contribution in [-0.2, 0) is 4.79 Å². The summed E-state index contributed by atoms with van der Waals surface area (Å²) in [5, 5.41) is 12.9. The Morgan fingerprint density at radius 2 is 1.00 bits per heavy atom. The normalized spacial score (nSPS) is 18.8. The zero-order valence-electron chi connectivity index (χ0n) is 10.4. The summed E-state index contributed by atoms with van der Waals surface area (Å²) in [6, 6.07) is 0. The van der Waals surface area contributed by atoms with Crippen LogP contribution in [0.1, 0.15) is 0 Å². The molecule has 2 heterocycles. The lowest BCUT2D eigenvalue weighted by Crippen LogP contribution is -2.39. The fraction of sp³-hybridized carbons (Fsp3) is 0.727. The minimum atomic E-state index is -0.481. The molecule has 0 unspecified atom stereocenters. The largest absolute Gasteiger partial charge is 0.366 e. The number of amides is 1. The second-order valence-corrected chi connectivity index (χ2v) is 3.61. The Bertz CT molecular complexity index is 155. The number of piperazine rings is 2. The molecule has 0 radical (unpaired) electrons. The molecule has 6 nitrogen and oxygen atoms in total. The second-order valence-electron chi connectivity index (χ2n) is 3.61. The first-order valence-corrected chi connectivity index (χ1v) is 6.02. The Kier molecular flexibility index (Phi) is 12.4. The highest BCUT2D eigenvalue weighted by atomic mass is 16.1. The Hall–Kier alpha value is -0.950. The van der Waals surface area contributed by atoms with Crippen molar-refractivity contribution in [1.29, 1.82) is 0 Å². The monoisotopic (exact) mass is 243 g/mol. The standard InChI is InChI=1S/2C4H10N2.C3H5NO/c2*1-2-6-4-3-5-1;1-2-3(4)5/h2*5-6H,1-4H2;2H,1H2,(H2,4,5). The van der Waals surface area contributed by atoms with Crippen molar-refractivity contribution in [2.75, 3.05) is 52.4 Å². The van der Waals surface area contributed by atoms with Gasteiger partial charge in [0.1, 0.15) is 0 Å². The zero-order chi connectivity index (χ0) is 12.8. The number of primary amides is 1. The van der Waals surface area contributed by atoms with E-state index in [2.05, 4.69) is 33.6 Å². The van der Waals surface area contributed by atoms with Gasteiger partial charge >= 0.3 is 0 Å². The van der Waals surface area contributed by atoms with Gasteiger partial charge in [-0.2, -0.15) is 0 Å². The smallest absolute Gasteiger partial charge is 0.240 e. The molecule has 0 aromatic carbocycles. The topological polar surface area (TPSA) is 91.2 Å². The molecule has 0 saturated carbocycles. The van der Waals surface area contributed by atoms with E-state index in [4.69, 9.17) is 0 Å². The molecule has 0 aromatic rings. The Labute approximate surface area is 103 Å². The third-order valence-corrected chi connectivity index (χ3v) is 2.12. The number of rotatable bonds is 1. The maximum absolute atomic E-state index is 9.47. The van der Waals surface area contributed by atoms with E-state index < -0.39 is 5.91 Å². The van der Waals surface area contributed by atoms with Crippen LogP contribution in [0.3, 0.4) is 0 Å². The molecule has 2 aliphatic heterocycles. The summed E-state index contributed by atoms with van der Waals surface area (Å²) in [5.41, 5.74) is 4.53. The number of hydrogen-bond acceptors (Lipinski definition) is 5. The maximum atomic E-state index is 9.47. The van der Waals surface area contributed by atoms with Crippen LogP contribution in [-0.4, -0.2) is 58.3 Å². The van der Waals surface area contributed by atoms with Crippen LogP contribution in [0.4, 0.5) is 0 Å². The van der Waals surface area contributed by atoms with E-state index in [1.165, 1.54) is 0 Å². The highest BCUT2D eigenvalue weighted by Gasteiger charge is 1.92. The van der Waals surface area contributed by atoms with Gasteiger partial charge in [-0.1, -0.05) is 6.58 Å². The molecular weight excluding hydrogens is 218 g/mol. The summed E-state index contributed by atoms with van der Waals surface area (Å²) < 4.78 is 0. The zero-order valence-corrected chi connectivity index (χ0v) is 10.4. The van der Waals surface area contributed by atoms with Crippen molar-refractivity contribution in [2.24, 2.45) is 5.73 Å². The van der Waals surface area contributed by atoms with Crippen molar-refractivity contribution in [3.05, 3.63) is 12.7 Å². The third-order valence-electron chi connectivity index (χ3n) is 2.12. The molecule has 6 heteroatoms. The Morgan fingerprint density at radius 3 is 1.06 bits per heavy atom. The van der Waals surface area contributed by atoms with Gasteiger partial charge in [0.2, 0.25) is 5.91 Å². The number of hydrogen-bond donors (Lipinski definition) is 5. The summed E-state index contributed by atoms with van der Waals surface area (Å²) in [5.74, 6) is -0.481. The molecule has 2 aliphatic rings. The first kappa shape index (κ1) is 16.1. The molecule has 0 aliphatic carbocycles. The number of nitrogens with one attached hydrogen (secondary N) is 4. The molecular formula is C11H25N5O. The Morgan fingerprint density at radius 1 is 0.824 bits per heavy atom. The van der Waals surface area contributed by atoms with Gasteiger partial charge in [-0.15, -0.1) is 0 Å². The lowest BCUT2D eigenvalue weighted by Gasteiger charge is -2.11. The molecule has 6 N–H and O–H groups in total. The molecule has 2 fully saturated rings.